The van der Waals surface area contributed by atoms with Crippen molar-refractivity contribution in [3.63, 3.8) is 0 Å². The lowest BCUT2D eigenvalue weighted by Gasteiger charge is -2.30. The second kappa shape index (κ2) is 9.86. The van der Waals surface area contributed by atoms with Gasteiger partial charge >= 0.3 is 0 Å². The van der Waals surface area contributed by atoms with Crippen LogP contribution in [-0.4, -0.2) is 55.7 Å². The van der Waals surface area contributed by atoms with Gasteiger partial charge in [0.25, 0.3) is 0 Å². The van der Waals surface area contributed by atoms with E-state index >= 15 is 0 Å². The van der Waals surface area contributed by atoms with Crippen molar-refractivity contribution in [3.8, 4) is 0 Å². The van der Waals surface area contributed by atoms with Crippen LogP contribution >= 0.6 is 0 Å². The summed E-state index contributed by atoms with van der Waals surface area (Å²) in [5, 5.41) is -0.379. The van der Waals surface area contributed by atoms with Crippen LogP contribution in [0, 0.1) is 0 Å². The quantitative estimate of drug-likeness (QED) is 0.775. The molecule has 1 heterocycles. The zero-order valence-corrected chi connectivity index (χ0v) is 17.8. The van der Waals surface area contributed by atoms with Crippen LogP contribution < -0.4 is 0 Å². The van der Waals surface area contributed by atoms with Crippen molar-refractivity contribution in [2.75, 3.05) is 26.2 Å². The predicted molar refractivity (Wildman–Crippen MR) is 109 cm³/mol. The molecule has 0 saturated carbocycles. The topological polar surface area (TPSA) is 40.6 Å². The van der Waals surface area contributed by atoms with E-state index in [1.165, 1.54) is 38.8 Å². The molecule has 1 aliphatic rings. The summed E-state index contributed by atoms with van der Waals surface area (Å²) in [6.07, 6.45) is 4.87. The Balaban J connectivity index is 2.00. The van der Waals surface area contributed by atoms with Crippen LogP contribution in [0.15, 0.2) is 29.2 Å². The van der Waals surface area contributed by atoms with Crippen LogP contribution in [0.5, 0.6) is 0 Å². The molecule has 0 aromatic heterocycles. The molecule has 1 aromatic rings. The van der Waals surface area contributed by atoms with Gasteiger partial charge in [-0.25, -0.2) is 8.42 Å². The van der Waals surface area contributed by atoms with Crippen molar-refractivity contribution < 1.29 is 8.42 Å². The molecule has 2 rings (SSSR count). The number of hydrogen-bond donors (Lipinski definition) is 0. The third-order valence-electron chi connectivity index (χ3n) is 5.32. The first-order chi connectivity index (χ1) is 12.3. The third-order valence-corrected chi connectivity index (χ3v) is 7.48. The Hall–Kier alpha value is -0.910. The fraction of sp³-hybridized carbons (Fsp3) is 0.714. The molecule has 0 unspecified atom stereocenters. The van der Waals surface area contributed by atoms with Crippen molar-refractivity contribution in [2.24, 2.45) is 0 Å². The Kier molecular flexibility index (Phi) is 8.11. The van der Waals surface area contributed by atoms with Crippen molar-refractivity contribution in [3.05, 3.63) is 29.8 Å². The molecular formula is C21H36N2O2S. The molecule has 1 aromatic carbocycles. The summed E-state index contributed by atoms with van der Waals surface area (Å²) in [7, 11) is -3.20. The maximum atomic E-state index is 12.4. The Morgan fingerprint density at radius 2 is 1.50 bits per heavy atom. The predicted octanol–water partition coefficient (Wildman–Crippen LogP) is 3.96. The Morgan fingerprint density at radius 3 is 2.04 bits per heavy atom. The van der Waals surface area contributed by atoms with E-state index in [4.69, 9.17) is 0 Å². The molecular weight excluding hydrogens is 344 g/mol. The second-order valence-corrected chi connectivity index (χ2v) is 10.6. The molecule has 1 aliphatic heterocycles. The van der Waals surface area contributed by atoms with Crippen molar-refractivity contribution in [1.29, 1.82) is 0 Å². The zero-order chi connectivity index (χ0) is 19.2. The lowest BCUT2D eigenvalue weighted by molar-refractivity contribution is 0.181. The average molecular weight is 381 g/mol. The monoisotopic (exact) mass is 380 g/mol. The standard InChI is InChI=1S/C21H36N2O2S/c1-18(2)23-14-7-5-12-22(13-6-8-15-23)17-20-10-9-11-21(16-20)26(24,25)19(3)4/h9-11,16,18-19H,5-8,12-15,17H2,1-4H3. The summed E-state index contributed by atoms with van der Waals surface area (Å²) in [5.74, 6) is 0. The minimum Gasteiger partial charge on any atom is -0.301 e. The molecule has 1 saturated heterocycles. The highest BCUT2D eigenvalue weighted by Crippen LogP contribution is 2.19. The van der Waals surface area contributed by atoms with Crippen molar-refractivity contribution in [2.45, 2.75) is 76.1 Å². The third kappa shape index (κ3) is 6.07. The highest BCUT2D eigenvalue weighted by molar-refractivity contribution is 7.92. The Bertz CT molecular complexity index is 644. The zero-order valence-electron chi connectivity index (χ0n) is 16.9. The van der Waals surface area contributed by atoms with Gasteiger partial charge in [0.2, 0.25) is 0 Å². The molecule has 5 heteroatoms. The SMILES string of the molecule is CC(C)N1CCCCN(Cc2cccc(S(=O)(=O)C(C)C)c2)CCCC1. The number of rotatable bonds is 5. The minimum absolute atomic E-state index is 0.379. The van der Waals surface area contributed by atoms with Gasteiger partial charge in [0.15, 0.2) is 9.84 Å². The van der Waals surface area contributed by atoms with Crippen LogP contribution in [-0.2, 0) is 16.4 Å². The summed E-state index contributed by atoms with van der Waals surface area (Å²) >= 11 is 0. The first-order valence-electron chi connectivity index (χ1n) is 10.1. The summed E-state index contributed by atoms with van der Waals surface area (Å²) in [6.45, 7) is 13.5. The molecule has 26 heavy (non-hydrogen) atoms. The van der Waals surface area contributed by atoms with E-state index in [1.54, 1.807) is 19.9 Å². The van der Waals surface area contributed by atoms with E-state index in [9.17, 15) is 8.42 Å². The van der Waals surface area contributed by atoms with Gasteiger partial charge in [0.1, 0.15) is 0 Å². The van der Waals surface area contributed by atoms with E-state index in [0.717, 1.165) is 25.2 Å². The molecule has 0 radical (unpaired) electrons. The molecule has 4 nitrogen and oxygen atoms in total. The van der Waals surface area contributed by atoms with E-state index in [-0.39, 0.29) is 5.25 Å². The lowest BCUT2D eigenvalue weighted by atomic mass is 10.1. The molecule has 0 aliphatic carbocycles. The van der Waals surface area contributed by atoms with Gasteiger partial charge in [-0.05, 0) is 97.3 Å². The molecule has 0 spiro atoms. The molecule has 0 N–H and O–H groups in total. The summed E-state index contributed by atoms with van der Waals surface area (Å²) < 4.78 is 24.9. The first kappa shape index (κ1) is 21.4. The maximum Gasteiger partial charge on any atom is 0.180 e. The number of nitrogens with zero attached hydrogens (tertiary/aromatic N) is 2. The fourth-order valence-corrected chi connectivity index (χ4v) is 4.68. The van der Waals surface area contributed by atoms with Crippen LogP contribution in [0.2, 0.25) is 0 Å². The molecule has 1 fully saturated rings. The van der Waals surface area contributed by atoms with Crippen molar-refractivity contribution >= 4 is 9.84 Å². The average Bonchev–Trinajstić information content (AvgIpc) is 2.60. The van der Waals surface area contributed by atoms with Gasteiger partial charge in [0, 0.05) is 12.6 Å². The largest absolute Gasteiger partial charge is 0.301 e. The second-order valence-electron chi connectivity index (χ2n) is 8.06. The van der Waals surface area contributed by atoms with E-state index < -0.39 is 9.84 Å². The normalized spacial score (nSPS) is 19.2. The fourth-order valence-electron chi connectivity index (χ4n) is 3.55. The number of sulfone groups is 1. The molecule has 0 bridgehead atoms. The van der Waals surface area contributed by atoms with Crippen LogP contribution in [0.1, 0.15) is 58.9 Å². The van der Waals surface area contributed by atoms with Gasteiger partial charge in [0.05, 0.1) is 10.1 Å². The van der Waals surface area contributed by atoms with Crippen LogP contribution in [0.4, 0.5) is 0 Å². The van der Waals surface area contributed by atoms with Gasteiger partial charge in [-0.15, -0.1) is 0 Å². The number of benzene rings is 1. The summed E-state index contributed by atoms with van der Waals surface area (Å²) in [4.78, 5) is 5.54. The van der Waals surface area contributed by atoms with E-state index in [2.05, 4.69) is 29.7 Å². The highest BCUT2D eigenvalue weighted by Gasteiger charge is 2.20. The van der Waals surface area contributed by atoms with Crippen LogP contribution in [0.25, 0.3) is 0 Å². The van der Waals surface area contributed by atoms with Crippen molar-refractivity contribution in [1.82, 2.24) is 9.80 Å². The minimum atomic E-state index is -3.20. The molecule has 0 atom stereocenters. The van der Waals surface area contributed by atoms with E-state index in [0.29, 0.717) is 10.9 Å². The lowest BCUT2D eigenvalue weighted by Crippen LogP contribution is -2.35. The highest BCUT2D eigenvalue weighted by atomic mass is 32.2. The first-order valence-corrected chi connectivity index (χ1v) is 11.6. The summed E-state index contributed by atoms with van der Waals surface area (Å²) in [6, 6.07) is 8.16. The molecule has 0 amide bonds. The molecule has 148 valence electrons. The van der Waals surface area contributed by atoms with Crippen LogP contribution in [0.3, 0.4) is 0 Å². The maximum absolute atomic E-state index is 12.4. The van der Waals surface area contributed by atoms with Gasteiger partial charge in [-0.2, -0.15) is 0 Å². The Labute approximate surface area is 160 Å². The van der Waals surface area contributed by atoms with E-state index in [1.807, 2.05) is 12.1 Å². The summed E-state index contributed by atoms with van der Waals surface area (Å²) in [5.41, 5.74) is 1.10. The Morgan fingerprint density at radius 1 is 0.923 bits per heavy atom. The van der Waals surface area contributed by atoms with Gasteiger partial charge in [-0.1, -0.05) is 12.1 Å². The van der Waals surface area contributed by atoms with Gasteiger partial charge in [-0.3, -0.25) is 4.90 Å². The smallest absolute Gasteiger partial charge is 0.180 e. The van der Waals surface area contributed by atoms with Gasteiger partial charge < -0.3 is 4.90 Å². The number of hydrogen-bond acceptors (Lipinski definition) is 4.